The summed E-state index contributed by atoms with van der Waals surface area (Å²) in [6, 6.07) is 37.0. The Morgan fingerprint density at radius 2 is 1.47 bits per heavy atom. The van der Waals surface area contributed by atoms with E-state index in [-0.39, 0.29) is 5.69 Å². The highest BCUT2D eigenvalue weighted by Gasteiger charge is 2.18. The van der Waals surface area contributed by atoms with Crippen LogP contribution in [0, 0.1) is 10.1 Å². The molecular formula is C29H21BrN4O2. The van der Waals surface area contributed by atoms with Crippen molar-refractivity contribution in [3.8, 4) is 28.2 Å². The van der Waals surface area contributed by atoms with E-state index in [1.54, 1.807) is 18.3 Å². The monoisotopic (exact) mass is 536 g/mol. The number of nitro groups is 1. The van der Waals surface area contributed by atoms with E-state index < -0.39 is 4.92 Å². The highest BCUT2D eigenvalue weighted by molar-refractivity contribution is 9.10. The third kappa shape index (κ3) is 4.96. The maximum absolute atomic E-state index is 11.1. The zero-order valence-corrected chi connectivity index (χ0v) is 20.7. The lowest BCUT2D eigenvalue weighted by atomic mass is 10.1. The number of halogens is 1. The van der Waals surface area contributed by atoms with Gasteiger partial charge < -0.3 is 4.57 Å². The summed E-state index contributed by atoms with van der Waals surface area (Å²) in [6.07, 6.45) is 1.75. The molecular weight excluding hydrogens is 516 g/mol. The molecule has 0 bridgehead atoms. The Balaban J connectivity index is 1.65. The first-order valence-electron chi connectivity index (χ1n) is 11.3. The number of hydrogen-bond donors (Lipinski definition) is 1. The van der Waals surface area contributed by atoms with E-state index >= 15 is 0 Å². The number of aromatic nitrogens is 1. The first-order chi connectivity index (χ1) is 17.6. The molecule has 5 rings (SSSR count). The summed E-state index contributed by atoms with van der Waals surface area (Å²) in [7, 11) is 0. The second-order valence-electron chi connectivity index (χ2n) is 8.05. The van der Waals surface area contributed by atoms with Crippen LogP contribution < -0.4 is 5.43 Å². The standard InChI is InChI=1S/C29H21BrN4O2/c30-24-14-16-26(17-15-24)33-28(21-8-3-1-4-9-21)18-23(29(33)22-10-5-2-6-11-22)20-31-32-25-12-7-13-27(19-25)34(35)36/h1-20,32H. The van der Waals surface area contributed by atoms with Crippen LogP contribution in [0.5, 0.6) is 0 Å². The molecule has 1 aromatic heterocycles. The lowest BCUT2D eigenvalue weighted by Crippen LogP contribution is -2.00. The quantitative estimate of drug-likeness (QED) is 0.130. The van der Waals surface area contributed by atoms with Gasteiger partial charge in [0.1, 0.15) is 0 Å². The van der Waals surface area contributed by atoms with E-state index in [4.69, 9.17) is 0 Å². The van der Waals surface area contributed by atoms with Crippen molar-refractivity contribution >= 4 is 33.5 Å². The second-order valence-corrected chi connectivity index (χ2v) is 8.97. The van der Waals surface area contributed by atoms with Crippen LogP contribution in [-0.4, -0.2) is 15.7 Å². The van der Waals surface area contributed by atoms with Crippen LogP contribution in [0.15, 0.2) is 125 Å². The summed E-state index contributed by atoms with van der Waals surface area (Å²) < 4.78 is 3.23. The molecule has 0 unspecified atom stereocenters. The lowest BCUT2D eigenvalue weighted by Gasteiger charge is -2.15. The number of non-ortho nitro benzene ring substituents is 1. The maximum atomic E-state index is 11.1. The van der Waals surface area contributed by atoms with Gasteiger partial charge in [-0.15, -0.1) is 0 Å². The Morgan fingerprint density at radius 3 is 2.14 bits per heavy atom. The summed E-state index contributed by atoms with van der Waals surface area (Å²) in [4.78, 5) is 10.7. The first-order valence-corrected chi connectivity index (χ1v) is 12.1. The molecule has 0 saturated heterocycles. The molecule has 0 atom stereocenters. The van der Waals surface area contributed by atoms with E-state index in [1.807, 2.05) is 48.5 Å². The Labute approximate surface area is 216 Å². The minimum absolute atomic E-state index is 0.00734. The van der Waals surface area contributed by atoms with Crippen molar-refractivity contribution < 1.29 is 4.92 Å². The molecule has 176 valence electrons. The SMILES string of the molecule is O=[N+]([O-])c1cccc(NN=Cc2cc(-c3ccccc3)n(-c3ccc(Br)cc3)c2-c2ccccc2)c1. The van der Waals surface area contributed by atoms with E-state index in [0.29, 0.717) is 5.69 Å². The highest BCUT2D eigenvalue weighted by Crippen LogP contribution is 2.35. The molecule has 0 aliphatic carbocycles. The van der Waals surface area contributed by atoms with Gasteiger partial charge in [0.2, 0.25) is 0 Å². The minimum atomic E-state index is -0.424. The maximum Gasteiger partial charge on any atom is 0.271 e. The van der Waals surface area contributed by atoms with Gasteiger partial charge in [0.05, 0.1) is 28.2 Å². The van der Waals surface area contributed by atoms with Crippen molar-refractivity contribution in [1.82, 2.24) is 4.57 Å². The molecule has 0 spiro atoms. The molecule has 0 radical (unpaired) electrons. The summed E-state index contributed by atoms with van der Waals surface area (Å²) in [5.74, 6) is 0. The molecule has 1 heterocycles. The van der Waals surface area contributed by atoms with E-state index in [2.05, 4.69) is 73.5 Å². The van der Waals surface area contributed by atoms with Gasteiger partial charge in [0.25, 0.3) is 5.69 Å². The van der Waals surface area contributed by atoms with Crippen LogP contribution in [0.1, 0.15) is 5.56 Å². The molecule has 4 aromatic carbocycles. The van der Waals surface area contributed by atoms with Gasteiger partial charge in [0, 0.05) is 27.9 Å². The van der Waals surface area contributed by atoms with Gasteiger partial charge in [0.15, 0.2) is 0 Å². The molecule has 6 nitrogen and oxygen atoms in total. The third-order valence-corrected chi connectivity index (χ3v) is 6.21. The van der Waals surface area contributed by atoms with E-state index in [1.165, 1.54) is 12.1 Å². The number of nitrogens with zero attached hydrogens (tertiary/aromatic N) is 3. The van der Waals surface area contributed by atoms with Crippen molar-refractivity contribution in [1.29, 1.82) is 0 Å². The van der Waals surface area contributed by atoms with E-state index in [9.17, 15) is 10.1 Å². The van der Waals surface area contributed by atoms with Crippen molar-refractivity contribution in [3.05, 3.63) is 135 Å². The Bertz CT molecular complexity index is 1530. The zero-order chi connectivity index (χ0) is 24.9. The molecule has 1 N–H and O–H groups in total. The molecule has 36 heavy (non-hydrogen) atoms. The van der Waals surface area contributed by atoms with Crippen LogP contribution in [-0.2, 0) is 0 Å². The number of benzene rings is 4. The average Bonchev–Trinajstić information content (AvgIpc) is 3.29. The average molecular weight is 537 g/mol. The predicted octanol–water partition coefficient (Wildman–Crippen LogP) is 7.93. The van der Waals surface area contributed by atoms with Crippen molar-refractivity contribution in [2.24, 2.45) is 5.10 Å². The molecule has 0 aliphatic heterocycles. The molecule has 0 fully saturated rings. The second kappa shape index (κ2) is 10.4. The van der Waals surface area contributed by atoms with Gasteiger partial charge >= 0.3 is 0 Å². The first kappa shape index (κ1) is 23.3. The Morgan fingerprint density at radius 1 is 0.806 bits per heavy atom. The van der Waals surface area contributed by atoms with Gasteiger partial charge in [-0.2, -0.15) is 5.10 Å². The molecule has 7 heteroatoms. The fourth-order valence-electron chi connectivity index (χ4n) is 4.07. The lowest BCUT2D eigenvalue weighted by molar-refractivity contribution is -0.384. The van der Waals surface area contributed by atoms with Crippen molar-refractivity contribution in [2.75, 3.05) is 5.43 Å². The number of nitrogens with one attached hydrogen (secondary N) is 1. The summed E-state index contributed by atoms with van der Waals surface area (Å²) in [5, 5.41) is 15.6. The van der Waals surface area contributed by atoms with Gasteiger partial charge in [-0.05, 0) is 47.5 Å². The summed E-state index contributed by atoms with van der Waals surface area (Å²) in [5.41, 5.74) is 9.52. The third-order valence-electron chi connectivity index (χ3n) is 5.69. The number of anilines is 1. The number of hydrogen-bond acceptors (Lipinski definition) is 4. The minimum Gasteiger partial charge on any atom is -0.309 e. The number of hydrazone groups is 1. The fourth-order valence-corrected chi connectivity index (χ4v) is 4.33. The van der Waals surface area contributed by atoms with Crippen LogP contribution >= 0.6 is 15.9 Å². The largest absolute Gasteiger partial charge is 0.309 e. The summed E-state index contributed by atoms with van der Waals surface area (Å²) in [6.45, 7) is 0. The van der Waals surface area contributed by atoms with Crippen LogP contribution in [0.4, 0.5) is 11.4 Å². The Kier molecular flexibility index (Phi) is 6.73. The van der Waals surface area contributed by atoms with Crippen LogP contribution in [0.3, 0.4) is 0 Å². The van der Waals surface area contributed by atoms with Gasteiger partial charge in [-0.1, -0.05) is 82.7 Å². The molecule has 5 aromatic rings. The number of rotatable bonds is 7. The summed E-state index contributed by atoms with van der Waals surface area (Å²) >= 11 is 3.54. The van der Waals surface area contributed by atoms with Crippen LogP contribution in [0.25, 0.3) is 28.2 Å². The molecule has 0 amide bonds. The molecule has 0 saturated carbocycles. The predicted molar refractivity (Wildman–Crippen MR) is 149 cm³/mol. The topological polar surface area (TPSA) is 72.5 Å². The van der Waals surface area contributed by atoms with Crippen molar-refractivity contribution in [3.63, 3.8) is 0 Å². The highest BCUT2D eigenvalue weighted by atomic mass is 79.9. The van der Waals surface area contributed by atoms with Crippen molar-refractivity contribution in [2.45, 2.75) is 0 Å². The zero-order valence-electron chi connectivity index (χ0n) is 19.1. The van der Waals surface area contributed by atoms with Gasteiger partial charge in [-0.3, -0.25) is 15.5 Å². The van der Waals surface area contributed by atoms with E-state index in [0.717, 1.165) is 38.2 Å². The van der Waals surface area contributed by atoms with Crippen LogP contribution in [0.2, 0.25) is 0 Å². The normalized spacial score (nSPS) is 11.0. The smallest absolute Gasteiger partial charge is 0.271 e. The number of nitro benzene ring substituents is 1. The molecule has 0 aliphatic rings. The fraction of sp³-hybridized carbons (Fsp3) is 0. The Hall–Kier alpha value is -4.49. The van der Waals surface area contributed by atoms with Gasteiger partial charge in [-0.25, -0.2) is 0 Å².